The number of thioether (sulfide) groups is 1. The number of para-hydroxylation sites is 1. The Hall–Kier alpha value is -2.42. The number of anilines is 1. The summed E-state index contributed by atoms with van der Waals surface area (Å²) in [5.41, 5.74) is 1.67. The number of rotatable bonds is 6. The number of carbonyl (C=O) groups excluding carboxylic acids is 1. The average molecular weight is 428 g/mol. The molecule has 3 aromatic heterocycles. The molecule has 28 heavy (non-hydrogen) atoms. The molecule has 142 valence electrons. The van der Waals surface area contributed by atoms with Crippen LogP contribution in [-0.4, -0.2) is 28.7 Å². The second kappa shape index (κ2) is 8.30. The number of hydrogen-bond donors (Lipinski definition) is 1. The van der Waals surface area contributed by atoms with Gasteiger partial charge in [0.2, 0.25) is 5.91 Å². The first kappa shape index (κ1) is 18.9. The number of nitrogens with one attached hydrogen (secondary N) is 1. The van der Waals surface area contributed by atoms with Crippen LogP contribution in [0.1, 0.15) is 5.82 Å². The van der Waals surface area contributed by atoms with Crippen LogP contribution in [0.3, 0.4) is 0 Å². The summed E-state index contributed by atoms with van der Waals surface area (Å²) in [6.07, 6.45) is 0. The van der Waals surface area contributed by atoms with Crippen molar-refractivity contribution in [2.45, 2.75) is 5.75 Å². The lowest BCUT2D eigenvalue weighted by molar-refractivity contribution is -0.115. The van der Waals surface area contributed by atoms with Crippen LogP contribution in [0.2, 0.25) is 0 Å². The Kier molecular flexibility index (Phi) is 5.61. The van der Waals surface area contributed by atoms with Crippen molar-refractivity contribution in [2.24, 2.45) is 0 Å². The van der Waals surface area contributed by atoms with Crippen molar-refractivity contribution in [3.63, 3.8) is 0 Å². The normalized spacial score (nSPS) is 11.0. The molecule has 0 fully saturated rings. The molecule has 0 bridgehead atoms. The van der Waals surface area contributed by atoms with Crippen molar-refractivity contribution in [3.05, 3.63) is 69.4 Å². The van der Waals surface area contributed by atoms with Crippen molar-refractivity contribution in [3.8, 4) is 10.4 Å². The summed E-state index contributed by atoms with van der Waals surface area (Å²) in [6, 6.07) is 13.5. The molecular weight excluding hydrogens is 410 g/mol. The van der Waals surface area contributed by atoms with Crippen LogP contribution >= 0.6 is 34.4 Å². The third-order valence-electron chi connectivity index (χ3n) is 4.26. The van der Waals surface area contributed by atoms with E-state index in [1.54, 1.807) is 23.3 Å². The van der Waals surface area contributed by atoms with E-state index in [1.807, 2.05) is 53.2 Å². The van der Waals surface area contributed by atoms with Gasteiger partial charge < -0.3 is 9.88 Å². The third kappa shape index (κ3) is 3.89. The highest BCUT2D eigenvalue weighted by Gasteiger charge is 2.15. The summed E-state index contributed by atoms with van der Waals surface area (Å²) in [6.45, 7) is 0. The Bertz CT molecular complexity index is 1150. The van der Waals surface area contributed by atoms with Gasteiger partial charge in [0.05, 0.1) is 16.9 Å². The topological polar surface area (TPSA) is 66.1 Å². The Balaban J connectivity index is 1.44. The molecule has 4 rings (SSSR count). The van der Waals surface area contributed by atoms with Crippen LogP contribution in [0, 0.1) is 0 Å². The van der Waals surface area contributed by atoms with E-state index in [0.29, 0.717) is 22.7 Å². The summed E-state index contributed by atoms with van der Waals surface area (Å²) in [5.74, 6) is 1.40. The summed E-state index contributed by atoms with van der Waals surface area (Å²) in [7, 11) is 1.77. The number of aromatic amines is 1. The van der Waals surface area contributed by atoms with Gasteiger partial charge in [0, 0.05) is 28.6 Å². The molecule has 3 heterocycles. The molecule has 0 spiro atoms. The van der Waals surface area contributed by atoms with Gasteiger partial charge in [-0.05, 0) is 23.6 Å². The molecule has 4 aromatic rings. The van der Waals surface area contributed by atoms with Gasteiger partial charge in [-0.3, -0.25) is 9.59 Å². The van der Waals surface area contributed by atoms with E-state index in [9.17, 15) is 9.59 Å². The SMILES string of the molecule is CN(C(=O)CSCc1nc2scc(-c3cccs3)c2c(=O)[nH]1)c1ccccc1. The monoisotopic (exact) mass is 427 g/mol. The Morgan fingerprint density at radius 1 is 1.18 bits per heavy atom. The fraction of sp³-hybridized carbons (Fsp3) is 0.150. The number of fused-ring (bicyclic) bond motifs is 1. The summed E-state index contributed by atoms with van der Waals surface area (Å²) >= 11 is 4.52. The quantitative estimate of drug-likeness (QED) is 0.488. The van der Waals surface area contributed by atoms with Crippen molar-refractivity contribution in [1.29, 1.82) is 0 Å². The summed E-state index contributed by atoms with van der Waals surface area (Å²) in [4.78, 5) is 35.9. The second-order valence-electron chi connectivity index (χ2n) is 6.10. The fourth-order valence-electron chi connectivity index (χ4n) is 2.80. The number of hydrogen-bond acceptors (Lipinski definition) is 6. The maximum atomic E-state index is 12.6. The Morgan fingerprint density at radius 3 is 2.75 bits per heavy atom. The van der Waals surface area contributed by atoms with Crippen LogP contribution in [-0.2, 0) is 10.5 Å². The van der Waals surface area contributed by atoms with E-state index in [-0.39, 0.29) is 11.5 Å². The largest absolute Gasteiger partial charge is 0.315 e. The minimum atomic E-state index is -0.127. The fourth-order valence-corrected chi connectivity index (χ4v) is 5.38. The number of carbonyl (C=O) groups is 1. The molecule has 1 aromatic carbocycles. The molecule has 0 unspecified atom stereocenters. The van der Waals surface area contributed by atoms with Gasteiger partial charge in [0.25, 0.3) is 5.56 Å². The molecule has 5 nitrogen and oxygen atoms in total. The van der Waals surface area contributed by atoms with Gasteiger partial charge in [0.1, 0.15) is 10.7 Å². The molecule has 0 saturated carbocycles. The van der Waals surface area contributed by atoms with Crippen molar-refractivity contribution >= 4 is 56.2 Å². The van der Waals surface area contributed by atoms with Gasteiger partial charge >= 0.3 is 0 Å². The zero-order valence-corrected chi connectivity index (χ0v) is 17.5. The van der Waals surface area contributed by atoms with Crippen molar-refractivity contribution in [2.75, 3.05) is 17.7 Å². The number of benzene rings is 1. The van der Waals surface area contributed by atoms with Gasteiger partial charge in [-0.25, -0.2) is 4.98 Å². The maximum Gasteiger partial charge on any atom is 0.260 e. The van der Waals surface area contributed by atoms with E-state index in [4.69, 9.17) is 0 Å². The number of thiophene rings is 2. The molecule has 0 saturated heterocycles. The molecule has 0 aliphatic carbocycles. The van der Waals surface area contributed by atoms with Crippen molar-refractivity contribution < 1.29 is 4.79 Å². The first-order chi connectivity index (χ1) is 13.6. The maximum absolute atomic E-state index is 12.6. The van der Waals surface area contributed by atoms with Crippen LogP contribution in [0.15, 0.2) is 58.0 Å². The molecule has 0 radical (unpaired) electrons. The highest BCUT2D eigenvalue weighted by atomic mass is 32.2. The zero-order chi connectivity index (χ0) is 19.5. The molecule has 0 atom stereocenters. The molecule has 0 aliphatic heterocycles. The van der Waals surface area contributed by atoms with Gasteiger partial charge in [-0.2, -0.15) is 0 Å². The predicted octanol–water partition coefficient (Wildman–Crippen LogP) is 4.61. The van der Waals surface area contributed by atoms with Crippen LogP contribution < -0.4 is 10.5 Å². The lowest BCUT2D eigenvalue weighted by Crippen LogP contribution is -2.27. The zero-order valence-electron chi connectivity index (χ0n) is 15.0. The molecule has 1 N–H and O–H groups in total. The van der Waals surface area contributed by atoms with Gasteiger partial charge in [-0.1, -0.05) is 24.3 Å². The average Bonchev–Trinajstić information content (AvgIpc) is 3.37. The van der Waals surface area contributed by atoms with Crippen molar-refractivity contribution in [1.82, 2.24) is 9.97 Å². The number of nitrogens with zero attached hydrogens (tertiary/aromatic N) is 2. The summed E-state index contributed by atoms with van der Waals surface area (Å²) < 4.78 is 0. The van der Waals surface area contributed by atoms with E-state index in [1.165, 1.54) is 23.1 Å². The molecule has 8 heteroatoms. The molecular formula is C20H17N3O2S3. The Morgan fingerprint density at radius 2 is 2.00 bits per heavy atom. The molecule has 1 amide bonds. The van der Waals surface area contributed by atoms with E-state index < -0.39 is 0 Å². The van der Waals surface area contributed by atoms with E-state index >= 15 is 0 Å². The number of aromatic nitrogens is 2. The first-order valence-corrected chi connectivity index (χ1v) is 11.5. The van der Waals surface area contributed by atoms with Crippen LogP contribution in [0.4, 0.5) is 5.69 Å². The Labute approximate surface area is 174 Å². The van der Waals surface area contributed by atoms with E-state index in [2.05, 4.69) is 9.97 Å². The van der Waals surface area contributed by atoms with E-state index in [0.717, 1.165) is 21.0 Å². The van der Waals surface area contributed by atoms with Crippen LogP contribution in [0.5, 0.6) is 0 Å². The third-order valence-corrected chi connectivity index (χ3v) is 6.97. The molecule has 0 aliphatic rings. The predicted molar refractivity (Wildman–Crippen MR) is 120 cm³/mol. The first-order valence-electron chi connectivity index (χ1n) is 8.57. The standard InChI is InChI=1S/C20H17N3O2S3/c1-23(13-6-3-2-4-7-13)17(24)12-26-11-16-21-19(25)18-14(10-28-20(18)22-16)15-8-5-9-27-15/h2-10H,11-12H2,1H3,(H,21,22,25). The lowest BCUT2D eigenvalue weighted by Gasteiger charge is -2.16. The van der Waals surface area contributed by atoms with Crippen LogP contribution in [0.25, 0.3) is 20.7 Å². The smallest absolute Gasteiger partial charge is 0.260 e. The minimum absolute atomic E-state index is 0.00994. The number of amides is 1. The van der Waals surface area contributed by atoms with Gasteiger partial charge in [0.15, 0.2) is 0 Å². The second-order valence-corrected chi connectivity index (χ2v) is 8.89. The highest BCUT2D eigenvalue weighted by molar-refractivity contribution is 7.99. The highest BCUT2D eigenvalue weighted by Crippen LogP contribution is 2.33. The van der Waals surface area contributed by atoms with Gasteiger partial charge in [-0.15, -0.1) is 34.4 Å². The number of H-pyrrole nitrogens is 1. The lowest BCUT2D eigenvalue weighted by atomic mass is 10.2. The summed E-state index contributed by atoms with van der Waals surface area (Å²) in [5, 5.41) is 4.62. The minimum Gasteiger partial charge on any atom is -0.315 e.